The fraction of sp³-hybridized carbons (Fsp3) is 0.600. The van der Waals surface area contributed by atoms with Gasteiger partial charge in [-0.05, 0) is 49.4 Å². The standard InChI is InChI=1S/C15H19F4N/c1-10-5-6-13(16)7-11(10)9-20-14-4-2-3-12(8-14)15(17,18)19/h5-7,12,14,20H,2-4,8-9H2,1H3. The van der Waals surface area contributed by atoms with Crippen molar-refractivity contribution in [1.29, 1.82) is 0 Å². The second kappa shape index (κ2) is 6.12. The molecular weight excluding hydrogens is 270 g/mol. The van der Waals surface area contributed by atoms with Gasteiger partial charge in [0, 0.05) is 12.6 Å². The van der Waals surface area contributed by atoms with Gasteiger partial charge in [-0.1, -0.05) is 12.5 Å². The van der Waals surface area contributed by atoms with E-state index in [4.69, 9.17) is 0 Å². The Morgan fingerprint density at radius 3 is 2.70 bits per heavy atom. The summed E-state index contributed by atoms with van der Waals surface area (Å²) in [7, 11) is 0. The lowest BCUT2D eigenvalue weighted by molar-refractivity contribution is -0.183. The van der Waals surface area contributed by atoms with Crippen molar-refractivity contribution >= 4 is 0 Å². The molecule has 1 N–H and O–H groups in total. The van der Waals surface area contributed by atoms with Crippen molar-refractivity contribution in [3.63, 3.8) is 0 Å². The van der Waals surface area contributed by atoms with Gasteiger partial charge in [-0.15, -0.1) is 0 Å². The maximum atomic E-state index is 13.2. The molecule has 1 aromatic carbocycles. The summed E-state index contributed by atoms with van der Waals surface area (Å²) in [6, 6.07) is 4.37. The highest BCUT2D eigenvalue weighted by Crippen LogP contribution is 2.37. The molecule has 20 heavy (non-hydrogen) atoms. The summed E-state index contributed by atoms with van der Waals surface area (Å²) >= 11 is 0. The highest BCUT2D eigenvalue weighted by molar-refractivity contribution is 5.26. The average Bonchev–Trinajstić information content (AvgIpc) is 2.39. The third-order valence-corrected chi connectivity index (χ3v) is 4.03. The minimum Gasteiger partial charge on any atom is -0.310 e. The summed E-state index contributed by atoms with van der Waals surface area (Å²) < 4.78 is 51.3. The maximum Gasteiger partial charge on any atom is 0.391 e. The number of nitrogens with one attached hydrogen (secondary N) is 1. The summed E-state index contributed by atoms with van der Waals surface area (Å²) in [6.07, 6.45) is -2.42. The van der Waals surface area contributed by atoms with Gasteiger partial charge in [0.25, 0.3) is 0 Å². The summed E-state index contributed by atoms with van der Waals surface area (Å²) in [5.74, 6) is -1.52. The van der Waals surface area contributed by atoms with Crippen LogP contribution in [-0.2, 0) is 6.54 Å². The number of alkyl halides is 3. The molecule has 1 aromatic rings. The molecule has 2 atom stereocenters. The number of hydrogen-bond donors (Lipinski definition) is 1. The first-order chi connectivity index (χ1) is 9.36. The van der Waals surface area contributed by atoms with Gasteiger partial charge >= 0.3 is 6.18 Å². The van der Waals surface area contributed by atoms with Crippen LogP contribution in [0.3, 0.4) is 0 Å². The molecule has 0 amide bonds. The number of benzene rings is 1. The van der Waals surface area contributed by atoms with Gasteiger partial charge in [0.1, 0.15) is 5.82 Å². The largest absolute Gasteiger partial charge is 0.391 e. The van der Waals surface area contributed by atoms with E-state index < -0.39 is 12.1 Å². The minimum absolute atomic E-state index is 0.123. The highest BCUT2D eigenvalue weighted by atomic mass is 19.4. The van der Waals surface area contributed by atoms with E-state index in [-0.39, 0.29) is 24.7 Å². The molecule has 1 aliphatic carbocycles. The normalized spacial score (nSPS) is 23.9. The van der Waals surface area contributed by atoms with Crippen LogP contribution in [-0.4, -0.2) is 12.2 Å². The summed E-state index contributed by atoms with van der Waals surface area (Å²) in [5, 5.41) is 3.14. The molecule has 1 aliphatic rings. The van der Waals surface area contributed by atoms with Crippen LogP contribution in [0.4, 0.5) is 17.6 Å². The molecule has 0 aromatic heterocycles. The molecule has 0 heterocycles. The Morgan fingerprint density at radius 2 is 2.00 bits per heavy atom. The quantitative estimate of drug-likeness (QED) is 0.816. The third kappa shape index (κ3) is 3.95. The molecule has 2 unspecified atom stereocenters. The Bertz CT molecular complexity index is 456. The fourth-order valence-electron chi connectivity index (χ4n) is 2.76. The number of hydrogen-bond acceptors (Lipinski definition) is 1. The van der Waals surface area contributed by atoms with Crippen molar-refractivity contribution < 1.29 is 17.6 Å². The van der Waals surface area contributed by atoms with Crippen LogP contribution >= 0.6 is 0 Å². The van der Waals surface area contributed by atoms with E-state index in [0.29, 0.717) is 13.0 Å². The topological polar surface area (TPSA) is 12.0 Å². The Kier molecular flexibility index (Phi) is 4.68. The van der Waals surface area contributed by atoms with Gasteiger partial charge < -0.3 is 5.32 Å². The van der Waals surface area contributed by atoms with E-state index in [1.54, 1.807) is 6.07 Å². The number of halogens is 4. The molecule has 1 saturated carbocycles. The average molecular weight is 289 g/mol. The van der Waals surface area contributed by atoms with Crippen LogP contribution in [0, 0.1) is 18.7 Å². The molecule has 1 fully saturated rings. The van der Waals surface area contributed by atoms with E-state index in [2.05, 4.69) is 5.32 Å². The maximum absolute atomic E-state index is 13.2. The van der Waals surface area contributed by atoms with Gasteiger partial charge in [-0.25, -0.2) is 4.39 Å². The lowest BCUT2D eigenvalue weighted by Crippen LogP contribution is -2.38. The summed E-state index contributed by atoms with van der Waals surface area (Å²) in [6.45, 7) is 2.29. The first kappa shape index (κ1) is 15.3. The first-order valence-electron chi connectivity index (χ1n) is 6.91. The fourth-order valence-corrected chi connectivity index (χ4v) is 2.76. The van der Waals surface area contributed by atoms with Gasteiger partial charge in [0.15, 0.2) is 0 Å². The lowest BCUT2D eigenvalue weighted by Gasteiger charge is -2.31. The van der Waals surface area contributed by atoms with Crippen LogP contribution in [0.25, 0.3) is 0 Å². The molecule has 112 valence electrons. The Hall–Kier alpha value is -1.10. The van der Waals surface area contributed by atoms with Crippen molar-refractivity contribution in [2.45, 2.75) is 51.4 Å². The molecule has 1 nitrogen and oxygen atoms in total. The predicted octanol–water partition coefficient (Wildman–Crippen LogP) is 4.34. The van der Waals surface area contributed by atoms with Gasteiger partial charge in [-0.3, -0.25) is 0 Å². The zero-order chi connectivity index (χ0) is 14.8. The zero-order valence-electron chi connectivity index (χ0n) is 11.4. The van der Waals surface area contributed by atoms with E-state index in [1.165, 1.54) is 12.1 Å². The van der Waals surface area contributed by atoms with Gasteiger partial charge in [-0.2, -0.15) is 13.2 Å². The third-order valence-electron chi connectivity index (χ3n) is 4.03. The monoisotopic (exact) mass is 289 g/mol. The Morgan fingerprint density at radius 1 is 1.25 bits per heavy atom. The molecule has 0 radical (unpaired) electrons. The number of rotatable bonds is 3. The predicted molar refractivity (Wildman–Crippen MR) is 69.8 cm³/mol. The smallest absolute Gasteiger partial charge is 0.310 e. The van der Waals surface area contributed by atoms with E-state index in [9.17, 15) is 17.6 Å². The number of aryl methyl sites for hydroxylation is 1. The van der Waals surface area contributed by atoms with Crippen LogP contribution in [0.15, 0.2) is 18.2 Å². The van der Waals surface area contributed by atoms with Crippen LogP contribution < -0.4 is 5.32 Å². The molecule has 0 spiro atoms. The Balaban J connectivity index is 1.92. The van der Waals surface area contributed by atoms with Crippen LogP contribution in [0.1, 0.15) is 36.8 Å². The van der Waals surface area contributed by atoms with E-state index in [0.717, 1.165) is 17.5 Å². The van der Waals surface area contributed by atoms with Crippen LogP contribution in [0.2, 0.25) is 0 Å². The summed E-state index contributed by atoms with van der Waals surface area (Å²) in [4.78, 5) is 0. The molecule has 0 aliphatic heterocycles. The zero-order valence-corrected chi connectivity index (χ0v) is 11.4. The summed E-state index contributed by atoms with van der Waals surface area (Å²) in [5.41, 5.74) is 1.75. The van der Waals surface area contributed by atoms with Crippen molar-refractivity contribution in [1.82, 2.24) is 5.32 Å². The highest BCUT2D eigenvalue weighted by Gasteiger charge is 2.41. The SMILES string of the molecule is Cc1ccc(F)cc1CNC1CCCC(C(F)(F)F)C1. The molecular formula is C15H19F4N. The van der Waals surface area contributed by atoms with Crippen LogP contribution in [0.5, 0.6) is 0 Å². The second-order valence-electron chi connectivity index (χ2n) is 5.55. The van der Waals surface area contributed by atoms with Gasteiger partial charge in [0.2, 0.25) is 0 Å². The first-order valence-corrected chi connectivity index (χ1v) is 6.91. The molecule has 2 rings (SSSR count). The molecule has 0 saturated heterocycles. The Labute approximate surface area is 116 Å². The van der Waals surface area contributed by atoms with Crippen molar-refractivity contribution in [2.24, 2.45) is 5.92 Å². The lowest BCUT2D eigenvalue weighted by atomic mass is 9.85. The van der Waals surface area contributed by atoms with Crippen molar-refractivity contribution in [2.75, 3.05) is 0 Å². The van der Waals surface area contributed by atoms with E-state index in [1.807, 2.05) is 6.92 Å². The molecule has 5 heteroatoms. The second-order valence-corrected chi connectivity index (χ2v) is 5.55. The van der Waals surface area contributed by atoms with E-state index >= 15 is 0 Å². The van der Waals surface area contributed by atoms with Gasteiger partial charge in [0.05, 0.1) is 5.92 Å². The minimum atomic E-state index is -4.10. The van der Waals surface area contributed by atoms with Crippen molar-refractivity contribution in [3.05, 3.63) is 35.1 Å². The molecule has 0 bridgehead atoms. The van der Waals surface area contributed by atoms with Crippen molar-refractivity contribution in [3.8, 4) is 0 Å².